The normalized spacial score (nSPS) is 16.6. The van der Waals surface area contributed by atoms with E-state index in [9.17, 15) is 4.79 Å². The number of carbonyl (C=O) groups is 1. The molecule has 1 saturated carbocycles. The average Bonchev–Trinajstić information content (AvgIpc) is 3.09. The maximum Gasteiger partial charge on any atom is 0.253 e. The topological polar surface area (TPSA) is 32.3 Å². The molecule has 1 aliphatic carbocycles. The van der Waals surface area contributed by atoms with Crippen molar-refractivity contribution in [2.75, 3.05) is 21.1 Å². The molecule has 1 aromatic rings. The minimum atomic E-state index is 0.0614. The molecule has 1 aliphatic rings. The second kappa shape index (κ2) is 4.49. The Labute approximate surface area is 103 Å². The summed E-state index contributed by atoms with van der Waals surface area (Å²) in [7, 11) is 5.57. The largest absolute Gasteiger partial charge is 0.345 e. The molecule has 2 rings (SSSR count). The van der Waals surface area contributed by atoms with Gasteiger partial charge in [0.25, 0.3) is 5.91 Å². The summed E-state index contributed by atoms with van der Waals surface area (Å²) in [4.78, 5) is 13.3. The van der Waals surface area contributed by atoms with Crippen molar-refractivity contribution in [3.05, 3.63) is 35.4 Å². The van der Waals surface area contributed by atoms with Gasteiger partial charge in [0.1, 0.15) is 0 Å². The zero-order valence-electron chi connectivity index (χ0n) is 10.8. The van der Waals surface area contributed by atoms with Crippen LogP contribution >= 0.6 is 0 Å². The highest BCUT2D eigenvalue weighted by Crippen LogP contribution is 2.38. The van der Waals surface area contributed by atoms with Crippen molar-refractivity contribution in [2.24, 2.45) is 0 Å². The number of amides is 1. The van der Waals surface area contributed by atoms with Crippen LogP contribution in [-0.2, 0) is 6.42 Å². The third-order valence-electron chi connectivity index (χ3n) is 3.53. The lowest BCUT2D eigenvalue weighted by Crippen LogP contribution is -2.29. The molecule has 92 valence electrons. The van der Waals surface area contributed by atoms with Gasteiger partial charge in [-0.25, -0.2) is 0 Å². The molecule has 1 fully saturated rings. The van der Waals surface area contributed by atoms with Crippen molar-refractivity contribution in [3.63, 3.8) is 0 Å². The molecule has 0 aromatic heterocycles. The molecule has 1 amide bonds. The van der Waals surface area contributed by atoms with Crippen LogP contribution in [0.3, 0.4) is 0 Å². The van der Waals surface area contributed by atoms with Gasteiger partial charge in [-0.05, 0) is 44.0 Å². The lowest BCUT2D eigenvalue weighted by Gasteiger charge is -2.14. The van der Waals surface area contributed by atoms with Crippen molar-refractivity contribution >= 4 is 5.91 Å². The van der Waals surface area contributed by atoms with Gasteiger partial charge in [0.15, 0.2) is 0 Å². The molecular formula is C14H20N2O. The monoisotopic (exact) mass is 232 g/mol. The highest BCUT2D eigenvalue weighted by atomic mass is 16.2. The van der Waals surface area contributed by atoms with Gasteiger partial charge >= 0.3 is 0 Å². The third kappa shape index (κ3) is 2.67. The maximum atomic E-state index is 11.7. The van der Waals surface area contributed by atoms with Crippen molar-refractivity contribution in [3.8, 4) is 0 Å². The molecule has 0 bridgehead atoms. The van der Waals surface area contributed by atoms with Crippen molar-refractivity contribution in [1.29, 1.82) is 0 Å². The summed E-state index contributed by atoms with van der Waals surface area (Å²) < 4.78 is 0. The fourth-order valence-corrected chi connectivity index (χ4v) is 2.08. The highest BCUT2D eigenvalue weighted by molar-refractivity contribution is 5.93. The standard InChI is InChI=1S/C14H20N2O/c1-15-14(8-9-14)10-11-4-6-12(7-5-11)13(17)16(2)3/h4-7,15H,8-10H2,1-3H3. The van der Waals surface area contributed by atoms with Gasteiger partial charge in [0.2, 0.25) is 0 Å². The van der Waals surface area contributed by atoms with Gasteiger partial charge in [0, 0.05) is 25.2 Å². The molecule has 0 saturated heterocycles. The molecule has 0 unspecified atom stereocenters. The predicted octanol–water partition coefficient (Wildman–Crippen LogP) is 1.68. The first-order valence-electron chi connectivity index (χ1n) is 6.06. The first-order valence-corrected chi connectivity index (χ1v) is 6.06. The molecule has 1 N–H and O–H groups in total. The molecule has 0 spiro atoms. The first kappa shape index (κ1) is 12.1. The van der Waals surface area contributed by atoms with Crippen LogP contribution in [0.5, 0.6) is 0 Å². The molecule has 1 aromatic carbocycles. The number of benzene rings is 1. The SMILES string of the molecule is CNC1(Cc2ccc(C(=O)N(C)C)cc2)CC1. The van der Waals surface area contributed by atoms with E-state index < -0.39 is 0 Å². The number of nitrogens with one attached hydrogen (secondary N) is 1. The van der Waals surface area contributed by atoms with Crippen LogP contribution < -0.4 is 5.32 Å². The summed E-state index contributed by atoms with van der Waals surface area (Å²) in [6, 6.07) is 7.97. The van der Waals surface area contributed by atoms with E-state index >= 15 is 0 Å². The van der Waals surface area contributed by atoms with Crippen LogP contribution in [0.1, 0.15) is 28.8 Å². The predicted molar refractivity (Wildman–Crippen MR) is 69.2 cm³/mol. The Morgan fingerprint density at radius 1 is 1.29 bits per heavy atom. The minimum Gasteiger partial charge on any atom is -0.345 e. The Hall–Kier alpha value is -1.35. The number of hydrogen-bond donors (Lipinski definition) is 1. The van der Waals surface area contributed by atoms with Gasteiger partial charge in [-0.2, -0.15) is 0 Å². The molecule has 0 radical (unpaired) electrons. The van der Waals surface area contributed by atoms with E-state index in [0.717, 1.165) is 12.0 Å². The number of hydrogen-bond acceptors (Lipinski definition) is 2. The number of nitrogens with zero attached hydrogens (tertiary/aromatic N) is 1. The second-order valence-corrected chi connectivity index (χ2v) is 5.10. The molecule has 0 aliphatic heterocycles. The summed E-state index contributed by atoms with van der Waals surface area (Å²) in [6.07, 6.45) is 3.56. The van der Waals surface area contributed by atoms with Crippen LogP contribution in [0.4, 0.5) is 0 Å². The van der Waals surface area contributed by atoms with E-state index in [4.69, 9.17) is 0 Å². The molecule has 3 nitrogen and oxygen atoms in total. The molecular weight excluding hydrogens is 212 g/mol. The van der Waals surface area contributed by atoms with Crippen LogP contribution in [0.25, 0.3) is 0 Å². The van der Waals surface area contributed by atoms with Gasteiger partial charge in [-0.3, -0.25) is 4.79 Å². The van der Waals surface area contributed by atoms with E-state index in [1.54, 1.807) is 19.0 Å². The summed E-state index contributed by atoms with van der Waals surface area (Å²) in [5.41, 5.74) is 2.38. The van der Waals surface area contributed by atoms with E-state index in [-0.39, 0.29) is 5.91 Å². The Balaban J connectivity index is 2.05. The van der Waals surface area contributed by atoms with Crippen molar-refractivity contribution < 1.29 is 4.79 Å². The molecule has 3 heteroatoms. The van der Waals surface area contributed by atoms with Gasteiger partial charge in [-0.1, -0.05) is 12.1 Å². The van der Waals surface area contributed by atoms with Crippen LogP contribution in [0, 0.1) is 0 Å². The Morgan fingerprint density at radius 2 is 1.88 bits per heavy atom. The number of rotatable bonds is 4. The zero-order valence-corrected chi connectivity index (χ0v) is 10.8. The number of likely N-dealkylation sites (N-methyl/N-ethyl adjacent to an activating group) is 1. The van der Waals surface area contributed by atoms with Crippen molar-refractivity contribution in [2.45, 2.75) is 24.8 Å². The lowest BCUT2D eigenvalue weighted by atomic mass is 10.0. The number of carbonyl (C=O) groups excluding carboxylic acids is 1. The Bertz CT molecular complexity index is 405. The van der Waals surface area contributed by atoms with Crippen LogP contribution in [-0.4, -0.2) is 37.5 Å². The second-order valence-electron chi connectivity index (χ2n) is 5.10. The van der Waals surface area contributed by atoms with Crippen LogP contribution in [0.15, 0.2) is 24.3 Å². The average molecular weight is 232 g/mol. The Morgan fingerprint density at radius 3 is 2.29 bits per heavy atom. The quantitative estimate of drug-likeness (QED) is 0.856. The molecule has 0 atom stereocenters. The summed E-state index contributed by atoms with van der Waals surface area (Å²) in [5, 5.41) is 3.38. The van der Waals surface area contributed by atoms with E-state index in [1.165, 1.54) is 18.4 Å². The zero-order chi connectivity index (χ0) is 12.5. The molecule has 17 heavy (non-hydrogen) atoms. The third-order valence-corrected chi connectivity index (χ3v) is 3.53. The van der Waals surface area contributed by atoms with Crippen LogP contribution in [0.2, 0.25) is 0 Å². The van der Waals surface area contributed by atoms with E-state index in [2.05, 4.69) is 17.4 Å². The summed E-state index contributed by atoms with van der Waals surface area (Å²) in [6.45, 7) is 0. The van der Waals surface area contributed by atoms with Gasteiger partial charge < -0.3 is 10.2 Å². The lowest BCUT2D eigenvalue weighted by molar-refractivity contribution is 0.0827. The smallest absolute Gasteiger partial charge is 0.253 e. The Kier molecular flexibility index (Phi) is 3.20. The van der Waals surface area contributed by atoms with E-state index in [0.29, 0.717) is 5.54 Å². The molecule has 0 heterocycles. The minimum absolute atomic E-state index is 0.0614. The van der Waals surface area contributed by atoms with Crippen molar-refractivity contribution in [1.82, 2.24) is 10.2 Å². The highest BCUT2D eigenvalue weighted by Gasteiger charge is 2.40. The fourth-order valence-electron chi connectivity index (χ4n) is 2.08. The van der Waals surface area contributed by atoms with Gasteiger partial charge in [-0.15, -0.1) is 0 Å². The summed E-state index contributed by atoms with van der Waals surface area (Å²) >= 11 is 0. The maximum absolute atomic E-state index is 11.7. The van der Waals surface area contributed by atoms with E-state index in [1.807, 2.05) is 19.2 Å². The fraction of sp³-hybridized carbons (Fsp3) is 0.500. The van der Waals surface area contributed by atoms with Gasteiger partial charge in [0.05, 0.1) is 0 Å². The summed E-state index contributed by atoms with van der Waals surface area (Å²) in [5.74, 6) is 0.0614. The first-order chi connectivity index (χ1) is 8.06.